The van der Waals surface area contributed by atoms with Crippen LogP contribution >= 0.6 is 23.2 Å². The number of nitrogens with one attached hydrogen (secondary N) is 1. The lowest BCUT2D eigenvalue weighted by molar-refractivity contribution is 0.0990. The molecule has 0 radical (unpaired) electrons. The highest BCUT2D eigenvalue weighted by Crippen LogP contribution is 2.35. The van der Waals surface area contributed by atoms with Gasteiger partial charge < -0.3 is 10.1 Å². The van der Waals surface area contributed by atoms with E-state index in [1.54, 1.807) is 30.5 Å². The third-order valence-corrected chi connectivity index (χ3v) is 10.0. The molecule has 1 aromatic heterocycles. The Hall–Kier alpha value is -4.47. The first-order chi connectivity index (χ1) is 22.1. The number of halogens is 3. The van der Waals surface area contributed by atoms with Crippen LogP contribution in [0.2, 0.25) is 10.0 Å². The number of Topliss-reactive ketones (excluding diaryl/α,β-unsaturated/α-hetero) is 1. The second kappa shape index (κ2) is 13.1. The number of phenolic OH excluding ortho intramolecular Hbond substituents is 1. The number of hydrogen-bond acceptors (Lipinski definition) is 4. The van der Waals surface area contributed by atoms with E-state index in [1.165, 1.54) is 34.6 Å². The second-order valence-corrected chi connectivity index (χ2v) is 13.6. The summed E-state index contributed by atoms with van der Waals surface area (Å²) < 4.78 is 43.6. The Morgan fingerprint density at radius 3 is 2.26 bits per heavy atom. The molecule has 2 N–H and O–H groups in total. The summed E-state index contributed by atoms with van der Waals surface area (Å²) in [4.78, 5) is 16.1. The molecule has 10 heteroatoms. The number of H-pyrrole nitrogens is 1. The fourth-order valence-corrected chi connectivity index (χ4v) is 7.37. The van der Waals surface area contributed by atoms with Crippen LogP contribution in [0.25, 0.3) is 22.0 Å². The number of phenols is 1. The topological polar surface area (TPSA) is 90.5 Å². The average Bonchev–Trinajstić information content (AvgIpc) is 3.53. The molecule has 0 spiro atoms. The molecule has 46 heavy (non-hydrogen) atoms. The predicted molar refractivity (Wildman–Crippen MR) is 179 cm³/mol. The molecule has 0 atom stereocenters. The highest BCUT2D eigenvalue weighted by molar-refractivity contribution is 7.89. The van der Waals surface area contributed by atoms with E-state index in [9.17, 15) is 22.7 Å². The van der Waals surface area contributed by atoms with Gasteiger partial charge in [-0.2, -0.15) is 4.31 Å². The SMILES string of the molecule is O=C(Cc1cccc2[nH]ccc12)c1cc(Cl)cc(S(=O)(=O)N(Cc2ccc(F)cc2)Cc2cccc(-c3ccc(Cl)cc3)c2)c1O. The number of rotatable bonds is 10. The summed E-state index contributed by atoms with van der Waals surface area (Å²) in [5.74, 6) is -1.64. The van der Waals surface area contributed by atoms with E-state index < -0.39 is 32.3 Å². The maximum atomic E-state index is 14.3. The zero-order valence-electron chi connectivity index (χ0n) is 24.3. The van der Waals surface area contributed by atoms with Crippen molar-refractivity contribution < 1.29 is 22.7 Å². The van der Waals surface area contributed by atoms with Crippen molar-refractivity contribution in [3.05, 3.63) is 154 Å². The van der Waals surface area contributed by atoms with E-state index in [4.69, 9.17) is 23.2 Å². The molecule has 0 aliphatic rings. The van der Waals surface area contributed by atoms with E-state index in [1.807, 2.05) is 48.5 Å². The van der Waals surface area contributed by atoms with Gasteiger partial charge in [0.05, 0.1) is 5.56 Å². The molecular formula is C36H27Cl2FN2O4S. The minimum Gasteiger partial charge on any atom is -0.506 e. The molecule has 6 nitrogen and oxygen atoms in total. The number of carbonyl (C=O) groups is 1. The molecule has 6 aromatic rings. The van der Waals surface area contributed by atoms with Gasteiger partial charge in [0, 0.05) is 46.7 Å². The standard InChI is InChI=1S/C36H27Cl2FN2O4S/c37-28-11-9-25(10-12-28)26-4-1-3-24(17-26)22-41(21-23-7-13-30(39)14-8-23)46(44,45)35-20-29(38)19-32(36(35)43)34(42)18-27-5-2-6-33-31(27)15-16-40-33/h1-17,19-20,40,43H,18,21-22H2. The van der Waals surface area contributed by atoms with E-state index >= 15 is 0 Å². The van der Waals surface area contributed by atoms with Crippen molar-refractivity contribution in [2.45, 2.75) is 24.4 Å². The number of aromatic nitrogens is 1. The molecule has 232 valence electrons. The fourth-order valence-electron chi connectivity index (χ4n) is 5.41. The third kappa shape index (κ3) is 6.71. The van der Waals surface area contributed by atoms with Crippen molar-refractivity contribution in [2.75, 3.05) is 0 Å². The smallest absolute Gasteiger partial charge is 0.247 e. The Labute approximate surface area is 275 Å². The Bertz CT molecular complexity index is 2170. The van der Waals surface area contributed by atoms with Gasteiger partial charge in [-0.3, -0.25) is 4.79 Å². The van der Waals surface area contributed by atoms with Gasteiger partial charge in [0.15, 0.2) is 5.78 Å². The van der Waals surface area contributed by atoms with Crippen LogP contribution in [0.3, 0.4) is 0 Å². The summed E-state index contributed by atoms with van der Waals surface area (Å²) in [7, 11) is -4.47. The minimum atomic E-state index is -4.47. The number of fused-ring (bicyclic) bond motifs is 1. The zero-order chi connectivity index (χ0) is 32.4. The number of hydrogen-bond donors (Lipinski definition) is 2. The number of nitrogens with zero attached hydrogens (tertiary/aromatic N) is 1. The summed E-state index contributed by atoms with van der Waals surface area (Å²) >= 11 is 12.5. The zero-order valence-corrected chi connectivity index (χ0v) is 26.6. The number of aromatic hydroxyl groups is 1. The lowest BCUT2D eigenvalue weighted by Crippen LogP contribution is -2.30. The van der Waals surface area contributed by atoms with Crippen molar-refractivity contribution >= 4 is 49.9 Å². The third-order valence-electron chi connectivity index (χ3n) is 7.73. The normalized spacial score (nSPS) is 11.7. The Balaban J connectivity index is 1.37. The number of aromatic amines is 1. The molecule has 0 amide bonds. The van der Waals surface area contributed by atoms with Gasteiger partial charge in [0.25, 0.3) is 0 Å². The summed E-state index contributed by atoms with van der Waals surface area (Å²) in [6.07, 6.45) is 1.68. The van der Waals surface area contributed by atoms with Gasteiger partial charge in [-0.1, -0.05) is 77.8 Å². The highest BCUT2D eigenvalue weighted by atomic mass is 35.5. The summed E-state index contributed by atoms with van der Waals surface area (Å²) in [6.45, 7) is -0.232. The van der Waals surface area contributed by atoms with Gasteiger partial charge in [-0.25, -0.2) is 12.8 Å². The summed E-state index contributed by atoms with van der Waals surface area (Å²) in [5.41, 5.74) is 4.29. The number of sulfonamides is 1. The molecule has 0 unspecified atom stereocenters. The van der Waals surface area contributed by atoms with Crippen LogP contribution in [0.15, 0.2) is 120 Å². The molecule has 0 saturated carbocycles. The second-order valence-electron chi connectivity index (χ2n) is 10.9. The first-order valence-corrected chi connectivity index (χ1v) is 16.5. The van der Waals surface area contributed by atoms with E-state index in [0.717, 1.165) is 28.1 Å². The van der Waals surface area contributed by atoms with Crippen molar-refractivity contribution in [3.8, 4) is 16.9 Å². The highest BCUT2D eigenvalue weighted by Gasteiger charge is 2.31. The lowest BCUT2D eigenvalue weighted by atomic mass is 10.00. The quantitative estimate of drug-likeness (QED) is 0.142. The summed E-state index contributed by atoms with van der Waals surface area (Å²) in [5, 5.41) is 12.8. The van der Waals surface area contributed by atoms with Crippen LogP contribution in [-0.2, 0) is 29.5 Å². The van der Waals surface area contributed by atoms with E-state index in [-0.39, 0.29) is 30.1 Å². The number of carbonyl (C=O) groups excluding carboxylic acids is 1. The monoisotopic (exact) mass is 672 g/mol. The lowest BCUT2D eigenvalue weighted by Gasteiger charge is -2.24. The molecule has 0 bridgehead atoms. The van der Waals surface area contributed by atoms with Crippen LogP contribution in [0.5, 0.6) is 5.75 Å². The van der Waals surface area contributed by atoms with E-state index in [0.29, 0.717) is 21.7 Å². The molecule has 0 aliphatic carbocycles. The van der Waals surface area contributed by atoms with Gasteiger partial charge in [-0.05, 0) is 82.4 Å². The van der Waals surface area contributed by atoms with Crippen molar-refractivity contribution in [3.63, 3.8) is 0 Å². The predicted octanol–water partition coefficient (Wildman–Crippen LogP) is 8.80. The van der Waals surface area contributed by atoms with Crippen LogP contribution in [0.4, 0.5) is 4.39 Å². The van der Waals surface area contributed by atoms with Gasteiger partial charge >= 0.3 is 0 Å². The van der Waals surface area contributed by atoms with Crippen LogP contribution < -0.4 is 0 Å². The van der Waals surface area contributed by atoms with Gasteiger partial charge in [0.2, 0.25) is 10.0 Å². The van der Waals surface area contributed by atoms with Crippen LogP contribution in [0.1, 0.15) is 27.0 Å². The van der Waals surface area contributed by atoms with Crippen LogP contribution in [-0.4, -0.2) is 28.6 Å². The van der Waals surface area contributed by atoms with Crippen molar-refractivity contribution in [2.24, 2.45) is 0 Å². The Morgan fingerprint density at radius 2 is 1.50 bits per heavy atom. The van der Waals surface area contributed by atoms with Crippen LogP contribution in [0, 0.1) is 5.82 Å². The van der Waals surface area contributed by atoms with Crippen molar-refractivity contribution in [1.82, 2.24) is 9.29 Å². The van der Waals surface area contributed by atoms with E-state index in [2.05, 4.69) is 4.98 Å². The Morgan fingerprint density at radius 1 is 0.783 bits per heavy atom. The molecule has 6 rings (SSSR count). The Kier molecular flexibility index (Phi) is 8.97. The summed E-state index contributed by atoms with van der Waals surface area (Å²) in [6, 6.07) is 29.9. The fraction of sp³-hybridized carbons (Fsp3) is 0.0833. The first kappa shape index (κ1) is 31.5. The maximum Gasteiger partial charge on any atom is 0.247 e. The van der Waals surface area contributed by atoms with Gasteiger partial charge in [-0.15, -0.1) is 0 Å². The maximum absolute atomic E-state index is 14.3. The molecular weight excluding hydrogens is 646 g/mol. The number of benzene rings is 5. The first-order valence-electron chi connectivity index (χ1n) is 14.3. The molecule has 0 aliphatic heterocycles. The minimum absolute atomic E-state index is 0.0222. The van der Waals surface area contributed by atoms with Gasteiger partial charge in [0.1, 0.15) is 16.5 Å². The molecule has 1 heterocycles. The molecule has 0 saturated heterocycles. The molecule has 5 aromatic carbocycles. The van der Waals surface area contributed by atoms with Crippen molar-refractivity contribution in [1.29, 1.82) is 0 Å². The average molecular weight is 674 g/mol. The largest absolute Gasteiger partial charge is 0.506 e. The number of ketones is 1. The molecule has 0 fully saturated rings.